The van der Waals surface area contributed by atoms with Crippen LogP contribution < -0.4 is 5.32 Å². The van der Waals surface area contributed by atoms with Gasteiger partial charge in [0.1, 0.15) is 11.9 Å². The summed E-state index contributed by atoms with van der Waals surface area (Å²) >= 11 is 0. The summed E-state index contributed by atoms with van der Waals surface area (Å²) in [6.45, 7) is 3.51. The molecule has 3 aliphatic rings. The van der Waals surface area contributed by atoms with E-state index >= 15 is 0 Å². The summed E-state index contributed by atoms with van der Waals surface area (Å²) in [6.07, 6.45) is 5.68. The van der Waals surface area contributed by atoms with Crippen molar-refractivity contribution in [3.8, 4) is 0 Å². The van der Waals surface area contributed by atoms with E-state index in [9.17, 15) is 9.18 Å². The Kier molecular flexibility index (Phi) is 4.14. The number of piperidine rings is 1. The van der Waals surface area contributed by atoms with Crippen molar-refractivity contribution in [2.75, 3.05) is 18.4 Å². The van der Waals surface area contributed by atoms with Crippen molar-refractivity contribution in [1.29, 1.82) is 0 Å². The van der Waals surface area contributed by atoms with E-state index in [0.717, 1.165) is 32.4 Å². The van der Waals surface area contributed by atoms with Gasteiger partial charge in [0.05, 0.1) is 0 Å². The molecule has 1 aromatic heterocycles. The Hall–Kier alpha value is -2.44. The van der Waals surface area contributed by atoms with Gasteiger partial charge in [-0.05, 0) is 62.0 Å². The summed E-state index contributed by atoms with van der Waals surface area (Å²) < 4.78 is 19.7. The monoisotopic (exact) mass is 384 g/mol. The Morgan fingerprint density at radius 3 is 2.68 bits per heavy atom. The van der Waals surface area contributed by atoms with Gasteiger partial charge in [-0.25, -0.2) is 4.39 Å². The van der Waals surface area contributed by atoms with Crippen LogP contribution in [-0.4, -0.2) is 40.1 Å². The molecule has 2 saturated carbocycles. The summed E-state index contributed by atoms with van der Waals surface area (Å²) in [5.74, 6) is 0.510. The van der Waals surface area contributed by atoms with E-state index in [1.165, 1.54) is 18.9 Å². The standard InChI is InChI=1S/C21H25FN4O2/c1-13(19(27)26-10-8-21(6-7-21)9-11-26)23-20-25-24-18(28-20)16-12-15(16)14-4-2-3-5-17(14)22/h2-5,13,15-16H,6-12H2,1H3,(H,23,25)/t13-,15+,16-/m1/s1. The molecule has 3 fully saturated rings. The van der Waals surface area contributed by atoms with Gasteiger partial charge >= 0.3 is 6.01 Å². The lowest BCUT2D eigenvalue weighted by molar-refractivity contribution is -0.133. The smallest absolute Gasteiger partial charge is 0.316 e. The lowest BCUT2D eigenvalue weighted by Crippen LogP contribution is -2.45. The predicted octanol–water partition coefficient (Wildman–Crippen LogP) is 3.68. The van der Waals surface area contributed by atoms with Crippen LogP contribution in [0.25, 0.3) is 0 Å². The number of carbonyl (C=O) groups is 1. The van der Waals surface area contributed by atoms with Crippen molar-refractivity contribution in [2.45, 2.75) is 56.9 Å². The van der Waals surface area contributed by atoms with E-state index in [1.807, 2.05) is 17.9 Å². The van der Waals surface area contributed by atoms with Crippen molar-refractivity contribution in [3.63, 3.8) is 0 Å². The van der Waals surface area contributed by atoms with Crippen molar-refractivity contribution >= 4 is 11.9 Å². The maximum absolute atomic E-state index is 13.9. The van der Waals surface area contributed by atoms with Crippen molar-refractivity contribution in [1.82, 2.24) is 15.1 Å². The van der Waals surface area contributed by atoms with Crippen LogP contribution in [0.2, 0.25) is 0 Å². The second-order valence-electron chi connectivity index (χ2n) is 8.61. The molecule has 2 heterocycles. The maximum Gasteiger partial charge on any atom is 0.316 e. The molecule has 0 unspecified atom stereocenters. The number of carbonyl (C=O) groups excluding carboxylic acids is 1. The maximum atomic E-state index is 13.9. The molecule has 2 aromatic rings. The molecule has 3 atom stereocenters. The lowest BCUT2D eigenvalue weighted by Gasteiger charge is -2.33. The molecule has 28 heavy (non-hydrogen) atoms. The average molecular weight is 384 g/mol. The van der Waals surface area contributed by atoms with E-state index in [1.54, 1.807) is 12.1 Å². The van der Waals surface area contributed by atoms with Gasteiger partial charge in [0.2, 0.25) is 11.8 Å². The number of hydrogen-bond acceptors (Lipinski definition) is 5. The molecule has 1 saturated heterocycles. The highest BCUT2D eigenvalue weighted by Gasteiger charge is 2.46. The van der Waals surface area contributed by atoms with Gasteiger partial charge in [-0.2, -0.15) is 0 Å². The molecule has 1 N–H and O–H groups in total. The molecule has 0 bridgehead atoms. The highest BCUT2D eigenvalue weighted by atomic mass is 19.1. The average Bonchev–Trinajstić information content (AvgIpc) is 3.61. The number of likely N-dealkylation sites (tertiary alicyclic amines) is 1. The molecule has 148 valence electrons. The number of benzene rings is 1. The molecule has 5 rings (SSSR count). The van der Waals surface area contributed by atoms with E-state index in [-0.39, 0.29) is 29.6 Å². The van der Waals surface area contributed by atoms with E-state index in [2.05, 4.69) is 15.5 Å². The van der Waals surface area contributed by atoms with E-state index < -0.39 is 6.04 Å². The van der Waals surface area contributed by atoms with E-state index in [4.69, 9.17) is 4.42 Å². The Labute approximate surface area is 163 Å². The normalized spacial score (nSPS) is 26.1. The Morgan fingerprint density at radius 1 is 1.21 bits per heavy atom. The molecule has 1 aliphatic heterocycles. The minimum Gasteiger partial charge on any atom is -0.408 e. The lowest BCUT2D eigenvalue weighted by atomic mass is 9.93. The van der Waals surface area contributed by atoms with Crippen LogP contribution in [0.5, 0.6) is 0 Å². The fourth-order valence-corrected chi connectivity index (χ4v) is 4.43. The van der Waals surface area contributed by atoms with Gasteiger partial charge in [-0.3, -0.25) is 4.79 Å². The van der Waals surface area contributed by atoms with Crippen LogP contribution in [-0.2, 0) is 4.79 Å². The highest BCUT2D eigenvalue weighted by Crippen LogP contribution is 2.55. The first-order valence-electron chi connectivity index (χ1n) is 10.2. The number of hydrogen-bond donors (Lipinski definition) is 1. The molecule has 2 aliphatic carbocycles. The first-order valence-corrected chi connectivity index (χ1v) is 10.2. The van der Waals surface area contributed by atoms with Crippen LogP contribution >= 0.6 is 0 Å². The minimum absolute atomic E-state index is 0.0442. The number of nitrogens with one attached hydrogen (secondary N) is 1. The first kappa shape index (κ1) is 17.6. The first-order chi connectivity index (χ1) is 13.5. The van der Waals surface area contributed by atoms with Gasteiger partial charge in [-0.1, -0.05) is 23.3 Å². The molecular formula is C21H25FN4O2. The second-order valence-corrected chi connectivity index (χ2v) is 8.61. The third kappa shape index (κ3) is 3.27. The van der Waals surface area contributed by atoms with Gasteiger partial charge in [-0.15, -0.1) is 5.10 Å². The second kappa shape index (κ2) is 6.57. The van der Waals surface area contributed by atoms with Gasteiger partial charge in [0.25, 0.3) is 0 Å². The van der Waals surface area contributed by atoms with Crippen LogP contribution in [0.1, 0.15) is 62.3 Å². The zero-order valence-electron chi connectivity index (χ0n) is 16.0. The highest BCUT2D eigenvalue weighted by molar-refractivity contribution is 5.83. The third-order valence-electron chi connectivity index (χ3n) is 6.66. The number of amides is 1. The van der Waals surface area contributed by atoms with Crippen molar-refractivity contribution in [2.24, 2.45) is 5.41 Å². The largest absolute Gasteiger partial charge is 0.408 e. The summed E-state index contributed by atoms with van der Waals surface area (Å²) in [4.78, 5) is 14.6. The molecule has 7 heteroatoms. The number of rotatable bonds is 5. The SMILES string of the molecule is C[C@@H](Nc1nnc([C@@H]2C[C@H]2c2ccccc2F)o1)C(=O)N1CCC2(CC1)CC2. The minimum atomic E-state index is -0.414. The topological polar surface area (TPSA) is 71.3 Å². The molecule has 1 aromatic carbocycles. The number of halogens is 1. The van der Waals surface area contributed by atoms with Crippen LogP contribution in [0.4, 0.5) is 10.4 Å². The Morgan fingerprint density at radius 2 is 1.96 bits per heavy atom. The zero-order chi connectivity index (χ0) is 19.3. The Balaban J connectivity index is 1.18. The zero-order valence-corrected chi connectivity index (χ0v) is 16.0. The van der Waals surface area contributed by atoms with Crippen LogP contribution in [0, 0.1) is 11.2 Å². The van der Waals surface area contributed by atoms with Gasteiger partial charge < -0.3 is 14.6 Å². The number of aromatic nitrogens is 2. The van der Waals surface area contributed by atoms with Gasteiger partial charge in [0.15, 0.2) is 0 Å². The van der Waals surface area contributed by atoms with Gasteiger partial charge in [0, 0.05) is 19.0 Å². The van der Waals surface area contributed by atoms with Crippen LogP contribution in [0.15, 0.2) is 28.7 Å². The molecule has 1 spiro atoms. The Bertz CT molecular complexity index is 884. The summed E-state index contributed by atoms with van der Waals surface area (Å²) in [6, 6.07) is 6.66. The molecule has 1 amide bonds. The van der Waals surface area contributed by atoms with Crippen molar-refractivity contribution in [3.05, 3.63) is 41.5 Å². The quantitative estimate of drug-likeness (QED) is 0.851. The summed E-state index contributed by atoms with van der Waals surface area (Å²) in [5.41, 5.74) is 1.25. The van der Waals surface area contributed by atoms with Crippen molar-refractivity contribution < 1.29 is 13.6 Å². The fourth-order valence-electron chi connectivity index (χ4n) is 4.43. The fraction of sp³-hybridized carbons (Fsp3) is 0.571. The van der Waals surface area contributed by atoms with E-state index in [0.29, 0.717) is 16.9 Å². The molecule has 6 nitrogen and oxygen atoms in total. The third-order valence-corrected chi connectivity index (χ3v) is 6.66. The molecule has 0 radical (unpaired) electrons. The predicted molar refractivity (Wildman–Crippen MR) is 101 cm³/mol. The number of nitrogens with zero attached hydrogens (tertiary/aromatic N) is 3. The summed E-state index contributed by atoms with van der Waals surface area (Å²) in [5, 5.41) is 11.2. The summed E-state index contributed by atoms with van der Waals surface area (Å²) in [7, 11) is 0. The number of anilines is 1. The molecular weight excluding hydrogens is 359 g/mol. The van der Waals surface area contributed by atoms with Crippen LogP contribution in [0.3, 0.4) is 0 Å².